The molecule has 1 aliphatic heterocycles. The van der Waals surface area contributed by atoms with Crippen LogP contribution in [0.25, 0.3) is 0 Å². The maximum atomic E-state index is 12.5. The quantitative estimate of drug-likeness (QED) is 0.373. The molecule has 3 aromatic carbocycles. The van der Waals surface area contributed by atoms with E-state index in [1.165, 1.54) is 23.1 Å². The highest BCUT2D eigenvalue weighted by Crippen LogP contribution is 2.17. The van der Waals surface area contributed by atoms with E-state index in [-0.39, 0.29) is 5.91 Å². The lowest BCUT2D eigenvalue weighted by Crippen LogP contribution is -2.30. The Bertz CT molecular complexity index is 1240. The number of hydrogen-bond donors (Lipinski definition) is 2. The predicted molar refractivity (Wildman–Crippen MR) is 146 cm³/mol. The number of carboxylic acid groups (broad SMARTS) is 1. The van der Waals surface area contributed by atoms with Gasteiger partial charge in [-0.05, 0) is 74.0 Å². The molecule has 0 spiro atoms. The van der Waals surface area contributed by atoms with Crippen LogP contribution in [0.3, 0.4) is 0 Å². The van der Waals surface area contributed by atoms with Crippen molar-refractivity contribution in [2.24, 2.45) is 0 Å². The minimum absolute atomic E-state index is 0.111. The number of amides is 1. The lowest BCUT2D eigenvalue weighted by molar-refractivity contribution is -0.192. The minimum atomic E-state index is -5.08. The van der Waals surface area contributed by atoms with Crippen molar-refractivity contribution in [1.82, 2.24) is 9.80 Å². The molecule has 1 saturated heterocycles. The summed E-state index contributed by atoms with van der Waals surface area (Å²) in [6, 6.07) is 23.9. The van der Waals surface area contributed by atoms with Crippen molar-refractivity contribution in [1.29, 1.82) is 0 Å². The predicted octanol–water partition coefficient (Wildman–Crippen LogP) is 6.24. The van der Waals surface area contributed by atoms with Gasteiger partial charge in [0.2, 0.25) is 0 Å². The topological polar surface area (TPSA) is 72.9 Å². The van der Waals surface area contributed by atoms with Crippen LogP contribution in [-0.2, 0) is 17.9 Å². The molecule has 0 aromatic heterocycles. The summed E-state index contributed by atoms with van der Waals surface area (Å²) < 4.78 is 31.7. The Hall–Kier alpha value is -3.40. The van der Waals surface area contributed by atoms with Crippen molar-refractivity contribution in [3.63, 3.8) is 0 Å². The van der Waals surface area contributed by atoms with Crippen LogP contribution >= 0.6 is 11.6 Å². The minimum Gasteiger partial charge on any atom is -0.475 e. The largest absolute Gasteiger partial charge is 0.490 e. The van der Waals surface area contributed by atoms with Crippen LogP contribution in [0.1, 0.15) is 33.5 Å². The van der Waals surface area contributed by atoms with Gasteiger partial charge < -0.3 is 10.4 Å². The first kappa shape index (κ1) is 30.1. The Balaban J connectivity index is 0.000000532. The van der Waals surface area contributed by atoms with Crippen molar-refractivity contribution in [2.45, 2.75) is 32.6 Å². The third kappa shape index (κ3) is 10.4. The van der Waals surface area contributed by atoms with E-state index < -0.39 is 12.1 Å². The van der Waals surface area contributed by atoms with Gasteiger partial charge in [0.25, 0.3) is 5.91 Å². The van der Waals surface area contributed by atoms with Crippen LogP contribution < -0.4 is 5.32 Å². The van der Waals surface area contributed by atoms with Gasteiger partial charge in [-0.15, -0.1) is 0 Å². The first-order chi connectivity index (χ1) is 18.5. The summed E-state index contributed by atoms with van der Waals surface area (Å²) in [5, 5.41) is 10.7. The normalized spacial score (nSPS) is 14.6. The standard InChI is InChI=1S/C27H30ClN3O.C2HF3O2/c1-21-4-2-5-23(18-21)20-31-15-3-14-30(16-17-31)19-22-6-8-24(9-7-22)27(32)29-26-12-10-25(28)11-13-26;3-2(4,5)1(6)7/h2,4-13,18H,3,14-17,19-20H2,1H3,(H,29,32);(H,6,7). The zero-order valence-corrected chi connectivity index (χ0v) is 22.3. The van der Waals surface area contributed by atoms with Gasteiger partial charge in [-0.25, -0.2) is 4.79 Å². The number of rotatable bonds is 6. The average molecular weight is 562 g/mol. The first-order valence-corrected chi connectivity index (χ1v) is 12.8. The zero-order valence-electron chi connectivity index (χ0n) is 21.5. The number of halogens is 4. The maximum Gasteiger partial charge on any atom is 0.490 e. The van der Waals surface area contributed by atoms with E-state index in [9.17, 15) is 18.0 Å². The highest BCUT2D eigenvalue weighted by atomic mass is 35.5. The van der Waals surface area contributed by atoms with Gasteiger partial charge in [0.1, 0.15) is 0 Å². The first-order valence-electron chi connectivity index (χ1n) is 12.5. The number of aliphatic carboxylic acids is 1. The van der Waals surface area contributed by atoms with Crippen molar-refractivity contribution in [2.75, 3.05) is 31.5 Å². The summed E-state index contributed by atoms with van der Waals surface area (Å²) in [6.07, 6.45) is -3.91. The van der Waals surface area contributed by atoms with Crippen molar-refractivity contribution < 1.29 is 27.9 Å². The molecular formula is C29H31ClF3N3O3. The number of hydrogen-bond acceptors (Lipinski definition) is 4. The maximum absolute atomic E-state index is 12.5. The van der Waals surface area contributed by atoms with E-state index in [2.05, 4.69) is 58.4 Å². The summed E-state index contributed by atoms with van der Waals surface area (Å²) in [4.78, 5) is 26.5. The molecule has 1 heterocycles. The number of anilines is 1. The number of carbonyl (C=O) groups is 2. The van der Waals surface area contributed by atoms with Crippen LogP contribution in [0.15, 0.2) is 72.8 Å². The van der Waals surface area contributed by atoms with Crippen molar-refractivity contribution in [3.05, 3.63) is 100 Å². The van der Waals surface area contributed by atoms with Crippen LogP contribution in [-0.4, -0.2) is 59.1 Å². The Labute approximate surface area is 231 Å². The fourth-order valence-electron chi connectivity index (χ4n) is 4.17. The molecule has 4 rings (SSSR count). The molecule has 1 amide bonds. The second-order valence-corrected chi connectivity index (χ2v) is 9.79. The van der Waals surface area contributed by atoms with Crippen molar-refractivity contribution in [3.8, 4) is 0 Å². The van der Waals surface area contributed by atoms with E-state index in [1.54, 1.807) is 24.3 Å². The molecule has 208 valence electrons. The van der Waals surface area contributed by atoms with Gasteiger partial charge in [0, 0.05) is 42.5 Å². The molecular weight excluding hydrogens is 531 g/mol. The van der Waals surface area contributed by atoms with Gasteiger partial charge in [0.15, 0.2) is 0 Å². The van der Waals surface area contributed by atoms with E-state index in [0.717, 1.165) is 45.0 Å². The van der Waals surface area contributed by atoms with E-state index in [1.807, 2.05) is 12.1 Å². The molecule has 3 aromatic rings. The van der Waals surface area contributed by atoms with Gasteiger partial charge in [-0.2, -0.15) is 13.2 Å². The van der Waals surface area contributed by atoms with Crippen LogP contribution in [0.4, 0.5) is 18.9 Å². The molecule has 0 unspecified atom stereocenters. The Morgan fingerprint density at radius 1 is 0.872 bits per heavy atom. The molecule has 39 heavy (non-hydrogen) atoms. The smallest absolute Gasteiger partial charge is 0.475 e. The van der Waals surface area contributed by atoms with Gasteiger partial charge >= 0.3 is 12.1 Å². The fraction of sp³-hybridized carbons (Fsp3) is 0.310. The number of carbonyl (C=O) groups excluding carboxylic acids is 1. The Morgan fingerprint density at radius 2 is 1.44 bits per heavy atom. The van der Waals surface area contributed by atoms with Gasteiger partial charge in [-0.1, -0.05) is 53.6 Å². The molecule has 0 aliphatic carbocycles. The molecule has 6 nitrogen and oxygen atoms in total. The SMILES string of the molecule is Cc1cccc(CN2CCCN(Cc3ccc(C(=O)Nc4ccc(Cl)cc4)cc3)CC2)c1.O=C(O)C(F)(F)F. The van der Waals surface area contributed by atoms with Gasteiger partial charge in [0.05, 0.1) is 0 Å². The number of nitrogens with one attached hydrogen (secondary N) is 1. The third-order valence-corrected chi connectivity index (χ3v) is 6.39. The van der Waals surface area contributed by atoms with Crippen molar-refractivity contribution >= 4 is 29.2 Å². The van der Waals surface area contributed by atoms with E-state index in [0.29, 0.717) is 10.6 Å². The van der Waals surface area contributed by atoms with Crippen LogP contribution in [0.5, 0.6) is 0 Å². The summed E-state index contributed by atoms with van der Waals surface area (Å²) >= 11 is 5.90. The molecule has 0 atom stereocenters. The second kappa shape index (κ2) is 14.1. The highest BCUT2D eigenvalue weighted by molar-refractivity contribution is 6.30. The Morgan fingerprint density at radius 3 is 1.97 bits per heavy atom. The Kier molecular flexibility index (Phi) is 10.9. The third-order valence-electron chi connectivity index (χ3n) is 6.14. The average Bonchev–Trinajstić information content (AvgIpc) is 3.10. The lowest BCUT2D eigenvalue weighted by Gasteiger charge is -2.22. The number of alkyl halides is 3. The number of aryl methyl sites for hydroxylation is 1. The molecule has 1 aliphatic rings. The fourth-order valence-corrected chi connectivity index (χ4v) is 4.29. The van der Waals surface area contributed by atoms with Crippen LogP contribution in [0.2, 0.25) is 5.02 Å². The number of benzene rings is 3. The highest BCUT2D eigenvalue weighted by Gasteiger charge is 2.38. The molecule has 0 saturated carbocycles. The van der Waals surface area contributed by atoms with E-state index in [4.69, 9.17) is 21.5 Å². The molecule has 1 fully saturated rings. The van der Waals surface area contributed by atoms with E-state index >= 15 is 0 Å². The molecule has 0 radical (unpaired) electrons. The molecule has 2 N–H and O–H groups in total. The van der Waals surface area contributed by atoms with Crippen LogP contribution in [0, 0.1) is 6.92 Å². The summed E-state index contributed by atoms with van der Waals surface area (Å²) in [7, 11) is 0. The summed E-state index contributed by atoms with van der Waals surface area (Å²) in [6.45, 7) is 8.46. The number of carboxylic acids is 1. The molecule has 10 heteroatoms. The summed E-state index contributed by atoms with van der Waals surface area (Å²) in [5.74, 6) is -2.87. The molecule has 0 bridgehead atoms. The monoisotopic (exact) mass is 561 g/mol. The zero-order chi connectivity index (χ0) is 28.4. The second-order valence-electron chi connectivity index (χ2n) is 9.36. The number of nitrogens with zero attached hydrogens (tertiary/aromatic N) is 2. The summed E-state index contributed by atoms with van der Waals surface area (Å²) in [5.41, 5.74) is 5.35. The lowest BCUT2D eigenvalue weighted by atomic mass is 10.1. The van der Waals surface area contributed by atoms with Gasteiger partial charge in [-0.3, -0.25) is 14.6 Å².